The van der Waals surface area contributed by atoms with Crippen LogP contribution in [0.3, 0.4) is 0 Å². The number of ether oxygens (including phenoxy) is 1. The maximum atomic E-state index is 11.8. The van der Waals surface area contributed by atoms with Gasteiger partial charge in [-0.2, -0.15) is 13.2 Å². The fourth-order valence-electron chi connectivity index (χ4n) is 0.642. The van der Waals surface area contributed by atoms with E-state index in [0.717, 1.165) is 11.8 Å². The average molecular weight is 226 g/mol. The number of rotatable bonds is 4. The van der Waals surface area contributed by atoms with E-state index in [1.54, 1.807) is 20.1 Å². The lowest BCUT2D eigenvalue weighted by Gasteiger charge is -2.13. The van der Waals surface area contributed by atoms with Crippen molar-refractivity contribution < 1.29 is 17.9 Å². The number of allylic oxidation sites excluding steroid dienone is 2. The molecule has 0 radical (unpaired) electrons. The Morgan fingerprint density at radius 2 is 1.86 bits per heavy atom. The van der Waals surface area contributed by atoms with Crippen LogP contribution >= 0.6 is 11.8 Å². The van der Waals surface area contributed by atoms with Gasteiger partial charge in [0.05, 0.1) is 0 Å². The zero-order valence-corrected chi connectivity index (χ0v) is 9.18. The van der Waals surface area contributed by atoms with E-state index in [-0.39, 0.29) is 5.09 Å². The van der Waals surface area contributed by atoms with E-state index >= 15 is 0 Å². The number of hydrogen-bond donors (Lipinski definition) is 0. The second-order valence-corrected chi connectivity index (χ2v) is 3.58. The summed E-state index contributed by atoms with van der Waals surface area (Å²) in [4.78, 5) is 0. The standard InChI is InChI=1S/C9H13F3OS/c1-6(2)7(3)8(14-4)13-5-9(10,11)12/h1,5H2,2-4H3/b8-7-. The summed E-state index contributed by atoms with van der Waals surface area (Å²) < 4.78 is 40.1. The molecule has 0 aromatic heterocycles. The van der Waals surface area contributed by atoms with Crippen LogP contribution in [0.1, 0.15) is 13.8 Å². The Balaban J connectivity index is 4.45. The molecule has 0 amide bonds. The fraction of sp³-hybridized carbons (Fsp3) is 0.556. The van der Waals surface area contributed by atoms with Gasteiger partial charge in [0.15, 0.2) is 11.7 Å². The lowest BCUT2D eigenvalue weighted by molar-refractivity contribution is -0.162. The molecule has 0 rings (SSSR count). The molecule has 0 aromatic carbocycles. The van der Waals surface area contributed by atoms with E-state index in [1.807, 2.05) is 0 Å². The first-order chi connectivity index (χ1) is 6.28. The maximum Gasteiger partial charge on any atom is 0.422 e. The fourth-order valence-corrected chi connectivity index (χ4v) is 1.30. The molecule has 0 unspecified atom stereocenters. The second kappa shape index (κ2) is 5.34. The highest BCUT2D eigenvalue weighted by atomic mass is 32.2. The Hall–Kier alpha value is -0.580. The molecule has 0 heterocycles. The van der Waals surface area contributed by atoms with Gasteiger partial charge in [0.1, 0.15) is 0 Å². The molecule has 0 aromatic rings. The van der Waals surface area contributed by atoms with E-state index in [4.69, 9.17) is 0 Å². The molecule has 0 saturated heterocycles. The minimum absolute atomic E-state index is 0.273. The highest BCUT2D eigenvalue weighted by Gasteiger charge is 2.29. The summed E-state index contributed by atoms with van der Waals surface area (Å²) in [6, 6.07) is 0. The third-order valence-electron chi connectivity index (χ3n) is 1.50. The smallest absolute Gasteiger partial charge is 0.422 e. The first kappa shape index (κ1) is 13.4. The van der Waals surface area contributed by atoms with Crippen LogP contribution < -0.4 is 0 Å². The molecule has 0 aliphatic carbocycles. The first-order valence-electron chi connectivity index (χ1n) is 3.88. The molecule has 0 atom stereocenters. The Morgan fingerprint density at radius 3 is 2.14 bits per heavy atom. The molecule has 5 heteroatoms. The molecule has 14 heavy (non-hydrogen) atoms. The van der Waals surface area contributed by atoms with Crippen LogP contribution in [-0.2, 0) is 4.74 Å². The normalized spacial score (nSPS) is 13.6. The van der Waals surface area contributed by atoms with Gasteiger partial charge in [-0.25, -0.2) is 0 Å². The van der Waals surface area contributed by atoms with Crippen molar-refractivity contribution in [2.24, 2.45) is 0 Å². The van der Waals surface area contributed by atoms with Crippen LogP contribution in [0.15, 0.2) is 22.8 Å². The Labute approximate surface area is 86.0 Å². The first-order valence-corrected chi connectivity index (χ1v) is 5.10. The van der Waals surface area contributed by atoms with Crippen LogP contribution in [0.5, 0.6) is 0 Å². The molecule has 0 N–H and O–H groups in total. The highest BCUT2D eigenvalue weighted by Crippen LogP contribution is 2.25. The zero-order chi connectivity index (χ0) is 11.4. The van der Waals surface area contributed by atoms with Gasteiger partial charge in [-0.1, -0.05) is 23.9 Å². The summed E-state index contributed by atoms with van der Waals surface area (Å²) in [7, 11) is 0. The van der Waals surface area contributed by atoms with Crippen LogP contribution in [0.25, 0.3) is 0 Å². The third-order valence-corrected chi connectivity index (χ3v) is 2.29. The van der Waals surface area contributed by atoms with Gasteiger partial charge in [-0.3, -0.25) is 0 Å². The molecular formula is C9H13F3OS. The van der Waals surface area contributed by atoms with Crippen molar-refractivity contribution in [1.29, 1.82) is 0 Å². The van der Waals surface area contributed by atoms with Crippen molar-refractivity contribution in [2.45, 2.75) is 20.0 Å². The van der Waals surface area contributed by atoms with E-state index < -0.39 is 12.8 Å². The van der Waals surface area contributed by atoms with Crippen molar-refractivity contribution in [3.8, 4) is 0 Å². The van der Waals surface area contributed by atoms with E-state index in [2.05, 4.69) is 11.3 Å². The predicted octanol–water partition coefficient (Wildman–Crippen LogP) is 3.74. The highest BCUT2D eigenvalue weighted by molar-refractivity contribution is 8.02. The SMILES string of the molecule is C=C(C)/C(C)=C(/OCC(F)(F)F)SC. The quantitative estimate of drug-likeness (QED) is 0.533. The summed E-state index contributed by atoms with van der Waals surface area (Å²) in [5.74, 6) is 0. The lowest BCUT2D eigenvalue weighted by Crippen LogP contribution is -2.16. The lowest BCUT2D eigenvalue weighted by atomic mass is 10.2. The molecule has 0 saturated carbocycles. The van der Waals surface area contributed by atoms with Gasteiger partial charge in [0, 0.05) is 5.57 Å². The van der Waals surface area contributed by atoms with Crippen molar-refractivity contribution in [3.63, 3.8) is 0 Å². The maximum absolute atomic E-state index is 11.8. The van der Waals surface area contributed by atoms with Crippen molar-refractivity contribution in [2.75, 3.05) is 12.9 Å². The number of alkyl halides is 3. The van der Waals surface area contributed by atoms with Crippen LogP contribution in [0, 0.1) is 0 Å². The molecule has 82 valence electrons. The van der Waals surface area contributed by atoms with Crippen LogP contribution in [0.4, 0.5) is 13.2 Å². The predicted molar refractivity (Wildman–Crippen MR) is 53.0 cm³/mol. The number of hydrogen-bond acceptors (Lipinski definition) is 2. The third kappa shape index (κ3) is 5.21. The van der Waals surface area contributed by atoms with Gasteiger partial charge in [0.2, 0.25) is 0 Å². The Kier molecular flexibility index (Phi) is 5.12. The summed E-state index contributed by atoms with van der Waals surface area (Å²) in [6.45, 7) is 5.79. The molecule has 0 bridgehead atoms. The topological polar surface area (TPSA) is 9.23 Å². The summed E-state index contributed by atoms with van der Waals surface area (Å²) >= 11 is 1.14. The minimum Gasteiger partial charge on any atom is -0.478 e. The minimum atomic E-state index is -4.30. The molecule has 0 aliphatic rings. The Bertz CT molecular complexity index is 243. The van der Waals surface area contributed by atoms with Crippen LogP contribution in [0.2, 0.25) is 0 Å². The largest absolute Gasteiger partial charge is 0.478 e. The summed E-state index contributed by atoms with van der Waals surface area (Å²) in [5.41, 5.74) is 1.36. The van der Waals surface area contributed by atoms with Gasteiger partial charge in [0.25, 0.3) is 0 Å². The molecule has 0 fully saturated rings. The summed E-state index contributed by atoms with van der Waals surface area (Å²) in [6.07, 6.45) is -2.63. The van der Waals surface area contributed by atoms with Gasteiger partial charge in [-0.05, 0) is 20.1 Å². The molecular weight excluding hydrogens is 213 g/mol. The molecule has 0 aliphatic heterocycles. The second-order valence-electron chi connectivity index (χ2n) is 2.80. The Morgan fingerprint density at radius 1 is 1.36 bits per heavy atom. The van der Waals surface area contributed by atoms with Gasteiger partial charge in [-0.15, -0.1) is 0 Å². The van der Waals surface area contributed by atoms with E-state index in [1.165, 1.54) is 0 Å². The molecule has 1 nitrogen and oxygen atoms in total. The number of halogens is 3. The molecule has 0 spiro atoms. The van der Waals surface area contributed by atoms with Crippen molar-refractivity contribution >= 4 is 11.8 Å². The zero-order valence-electron chi connectivity index (χ0n) is 8.36. The van der Waals surface area contributed by atoms with Crippen molar-refractivity contribution in [3.05, 3.63) is 22.8 Å². The van der Waals surface area contributed by atoms with Gasteiger partial charge < -0.3 is 4.74 Å². The van der Waals surface area contributed by atoms with Crippen LogP contribution in [-0.4, -0.2) is 19.0 Å². The number of thioether (sulfide) groups is 1. The monoisotopic (exact) mass is 226 g/mol. The van der Waals surface area contributed by atoms with Gasteiger partial charge >= 0.3 is 6.18 Å². The summed E-state index contributed by atoms with van der Waals surface area (Å²) in [5, 5.41) is 0.273. The average Bonchev–Trinajstić information content (AvgIpc) is 2.02. The van der Waals surface area contributed by atoms with E-state index in [0.29, 0.717) is 11.1 Å². The van der Waals surface area contributed by atoms with Crippen molar-refractivity contribution in [1.82, 2.24) is 0 Å². The van der Waals surface area contributed by atoms with E-state index in [9.17, 15) is 13.2 Å².